The molecule has 2 heterocycles. The number of hydrogen-bond acceptors (Lipinski definition) is 6. The smallest absolute Gasteiger partial charge is 0.290 e. The predicted octanol–water partition coefficient (Wildman–Crippen LogP) is 1.35. The molecule has 1 amide bonds. The minimum atomic E-state index is -0.387. The number of tetrazole rings is 1. The van der Waals surface area contributed by atoms with Gasteiger partial charge in [0, 0.05) is 11.6 Å². The van der Waals surface area contributed by atoms with Crippen molar-refractivity contribution >= 4 is 5.91 Å². The molecule has 2 aromatic heterocycles. The van der Waals surface area contributed by atoms with Gasteiger partial charge < -0.3 is 9.84 Å². The van der Waals surface area contributed by atoms with Crippen molar-refractivity contribution in [1.29, 1.82) is 0 Å². The second-order valence-corrected chi connectivity index (χ2v) is 4.41. The maximum absolute atomic E-state index is 12.1. The Morgan fingerprint density at radius 3 is 2.86 bits per heavy atom. The van der Waals surface area contributed by atoms with Crippen molar-refractivity contribution < 1.29 is 9.32 Å². The molecule has 0 fully saturated rings. The fraction of sp³-hybridized carbons (Fsp3) is 0.154. The number of H-pyrrole nitrogens is 1. The molecule has 0 spiro atoms. The minimum Gasteiger partial charge on any atom is -0.350 e. The van der Waals surface area contributed by atoms with Crippen LogP contribution in [0.2, 0.25) is 0 Å². The summed E-state index contributed by atoms with van der Waals surface area (Å²) in [5.74, 6) is 0.136. The second-order valence-electron chi connectivity index (χ2n) is 4.41. The van der Waals surface area contributed by atoms with Crippen LogP contribution >= 0.6 is 0 Å². The Hall–Kier alpha value is -3.03. The van der Waals surface area contributed by atoms with Crippen LogP contribution in [0.15, 0.2) is 40.9 Å². The molecule has 8 heteroatoms. The number of benzene rings is 1. The van der Waals surface area contributed by atoms with Crippen LogP contribution in [0.3, 0.4) is 0 Å². The van der Waals surface area contributed by atoms with Crippen LogP contribution in [0, 0.1) is 0 Å². The standard InChI is InChI=1S/C13H12N6O2/c1-8(12-15-18-19-16-12)14-13(20)11-7-10(17-21-11)9-5-3-2-4-6-9/h2-8H,1H3,(H,14,20)(H,15,16,18,19). The molecule has 2 N–H and O–H groups in total. The van der Waals surface area contributed by atoms with Crippen LogP contribution in [0.5, 0.6) is 0 Å². The summed E-state index contributed by atoms with van der Waals surface area (Å²) in [5, 5.41) is 20.0. The molecule has 8 nitrogen and oxygen atoms in total. The summed E-state index contributed by atoms with van der Waals surface area (Å²) in [6.07, 6.45) is 0. The summed E-state index contributed by atoms with van der Waals surface area (Å²) < 4.78 is 5.07. The third-order valence-electron chi connectivity index (χ3n) is 2.90. The molecule has 3 aromatic rings. The van der Waals surface area contributed by atoms with Crippen molar-refractivity contribution in [2.24, 2.45) is 0 Å². The average Bonchev–Trinajstić information content (AvgIpc) is 3.20. The normalized spacial score (nSPS) is 12.0. The SMILES string of the molecule is CC(NC(=O)c1cc(-c2ccccc2)no1)c1nn[nH]n1. The molecular formula is C13H12N6O2. The fourth-order valence-electron chi connectivity index (χ4n) is 1.81. The van der Waals surface area contributed by atoms with E-state index in [1.165, 1.54) is 0 Å². The molecule has 0 bridgehead atoms. The lowest BCUT2D eigenvalue weighted by Crippen LogP contribution is -2.27. The molecule has 1 atom stereocenters. The third kappa shape index (κ3) is 2.78. The zero-order valence-corrected chi connectivity index (χ0v) is 11.1. The highest BCUT2D eigenvalue weighted by atomic mass is 16.5. The number of hydrogen-bond donors (Lipinski definition) is 2. The third-order valence-corrected chi connectivity index (χ3v) is 2.90. The van der Waals surface area contributed by atoms with E-state index >= 15 is 0 Å². The lowest BCUT2D eigenvalue weighted by Gasteiger charge is -2.07. The molecule has 0 saturated heterocycles. The summed E-state index contributed by atoms with van der Waals surface area (Å²) in [7, 11) is 0. The van der Waals surface area contributed by atoms with Gasteiger partial charge in [-0.25, -0.2) is 0 Å². The van der Waals surface area contributed by atoms with Crippen molar-refractivity contribution in [1.82, 2.24) is 31.1 Å². The zero-order chi connectivity index (χ0) is 14.7. The molecule has 1 unspecified atom stereocenters. The van der Waals surface area contributed by atoms with E-state index in [2.05, 4.69) is 31.1 Å². The van der Waals surface area contributed by atoms with E-state index < -0.39 is 0 Å². The Morgan fingerprint density at radius 1 is 1.33 bits per heavy atom. The maximum atomic E-state index is 12.1. The zero-order valence-electron chi connectivity index (χ0n) is 11.1. The highest BCUT2D eigenvalue weighted by Crippen LogP contribution is 2.18. The van der Waals surface area contributed by atoms with Crippen LogP contribution < -0.4 is 5.32 Å². The number of carbonyl (C=O) groups excluding carboxylic acids is 1. The van der Waals surface area contributed by atoms with Crippen LogP contribution in [-0.2, 0) is 0 Å². The monoisotopic (exact) mass is 284 g/mol. The van der Waals surface area contributed by atoms with Crippen molar-refractivity contribution in [2.45, 2.75) is 13.0 Å². The van der Waals surface area contributed by atoms with Gasteiger partial charge in [0.05, 0.1) is 6.04 Å². The van der Waals surface area contributed by atoms with E-state index in [9.17, 15) is 4.79 Å². The minimum absolute atomic E-state index is 0.129. The predicted molar refractivity (Wildman–Crippen MR) is 72.0 cm³/mol. The van der Waals surface area contributed by atoms with Gasteiger partial charge in [-0.1, -0.05) is 40.7 Å². The molecule has 106 valence electrons. The molecule has 0 aliphatic rings. The molecule has 0 saturated carbocycles. The molecule has 21 heavy (non-hydrogen) atoms. The lowest BCUT2D eigenvalue weighted by atomic mass is 10.1. The highest BCUT2D eigenvalue weighted by Gasteiger charge is 2.18. The first-order valence-electron chi connectivity index (χ1n) is 6.30. The van der Waals surface area contributed by atoms with Gasteiger partial charge in [-0.15, -0.1) is 10.2 Å². The summed E-state index contributed by atoms with van der Waals surface area (Å²) in [4.78, 5) is 12.1. The number of aromatic nitrogens is 5. The number of amides is 1. The van der Waals surface area contributed by atoms with E-state index in [1.54, 1.807) is 13.0 Å². The van der Waals surface area contributed by atoms with E-state index in [4.69, 9.17) is 4.52 Å². The number of nitrogens with zero attached hydrogens (tertiary/aromatic N) is 4. The van der Waals surface area contributed by atoms with Gasteiger partial charge in [-0.2, -0.15) is 5.21 Å². The first-order chi connectivity index (χ1) is 10.2. The van der Waals surface area contributed by atoms with Crippen molar-refractivity contribution in [3.05, 3.63) is 48.0 Å². The van der Waals surface area contributed by atoms with Gasteiger partial charge in [0.15, 0.2) is 5.82 Å². The van der Waals surface area contributed by atoms with Crippen LogP contribution in [0.1, 0.15) is 29.3 Å². The van der Waals surface area contributed by atoms with Gasteiger partial charge in [0.1, 0.15) is 5.69 Å². The van der Waals surface area contributed by atoms with E-state index in [0.717, 1.165) is 5.56 Å². The van der Waals surface area contributed by atoms with Crippen LogP contribution in [0.4, 0.5) is 0 Å². The molecule has 0 aliphatic carbocycles. The highest BCUT2D eigenvalue weighted by molar-refractivity contribution is 5.92. The van der Waals surface area contributed by atoms with Crippen LogP contribution in [-0.4, -0.2) is 31.7 Å². The molecule has 3 rings (SSSR count). The van der Waals surface area contributed by atoms with Gasteiger partial charge >= 0.3 is 0 Å². The Balaban J connectivity index is 1.73. The largest absolute Gasteiger partial charge is 0.350 e. The van der Waals surface area contributed by atoms with Gasteiger partial charge in [-0.3, -0.25) is 4.79 Å². The van der Waals surface area contributed by atoms with E-state index in [0.29, 0.717) is 11.5 Å². The Kier molecular flexibility index (Phi) is 3.42. The molecule has 1 aromatic carbocycles. The topological polar surface area (TPSA) is 110 Å². The summed E-state index contributed by atoms with van der Waals surface area (Å²) in [6.45, 7) is 1.75. The summed E-state index contributed by atoms with van der Waals surface area (Å²) in [5.41, 5.74) is 1.49. The van der Waals surface area contributed by atoms with Crippen molar-refractivity contribution in [3.8, 4) is 11.3 Å². The Morgan fingerprint density at radius 2 is 2.14 bits per heavy atom. The van der Waals surface area contributed by atoms with Crippen molar-refractivity contribution in [3.63, 3.8) is 0 Å². The Bertz CT molecular complexity index is 722. The number of carbonyl (C=O) groups is 1. The van der Waals surface area contributed by atoms with Gasteiger partial charge in [-0.05, 0) is 6.92 Å². The van der Waals surface area contributed by atoms with Crippen molar-refractivity contribution in [2.75, 3.05) is 0 Å². The molecule has 0 aliphatic heterocycles. The first kappa shape index (κ1) is 13.0. The average molecular weight is 284 g/mol. The maximum Gasteiger partial charge on any atom is 0.290 e. The first-order valence-corrected chi connectivity index (χ1v) is 6.30. The van der Waals surface area contributed by atoms with E-state index in [-0.39, 0.29) is 17.7 Å². The second kappa shape index (κ2) is 5.53. The summed E-state index contributed by atoms with van der Waals surface area (Å²) >= 11 is 0. The van der Waals surface area contributed by atoms with Gasteiger partial charge in [0.2, 0.25) is 5.76 Å². The van der Waals surface area contributed by atoms with Crippen LogP contribution in [0.25, 0.3) is 11.3 Å². The lowest BCUT2D eigenvalue weighted by molar-refractivity contribution is 0.0901. The molecule has 0 radical (unpaired) electrons. The van der Waals surface area contributed by atoms with Gasteiger partial charge in [0.25, 0.3) is 5.91 Å². The number of rotatable bonds is 4. The Labute approximate surface area is 119 Å². The fourth-order valence-corrected chi connectivity index (χ4v) is 1.81. The quantitative estimate of drug-likeness (QED) is 0.748. The number of nitrogens with one attached hydrogen (secondary N) is 2. The molecular weight excluding hydrogens is 272 g/mol. The van der Waals surface area contributed by atoms with E-state index in [1.807, 2.05) is 30.3 Å². The number of aromatic amines is 1. The summed E-state index contributed by atoms with van der Waals surface area (Å²) in [6, 6.07) is 10.7.